The van der Waals surface area contributed by atoms with Gasteiger partial charge in [0.2, 0.25) is 0 Å². The summed E-state index contributed by atoms with van der Waals surface area (Å²) in [4.78, 5) is 11.9. The molecule has 2 N–H and O–H groups in total. The van der Waals surface area contributed by atoms with E-state index in [1.165, 1.54) is 11.1 Å². The van der Waals surface area contributed by atoms with Crippen LogP contribution in [0.15, 0.2) is 48.5 Å². The van der Waals surface area contributed by atoms with Crippen molar-refractivity contribution < 1.29 is 14.3 Å². The Morgan fingerprint density at radius 3 is 2.56 bits per heavy atom. The summed E-state index contributed by atoms with van der Waals surface area (Å²) in [6, 6.07) is 16.1. The van der Waals surface area contributed by atoms with Crippen LogP contribution in [0.1, 0.15) is 27.2 Å². The van der Waals surface area contributed by atoms with Crippen molar-refractivity contribution >= 4 is 5.91 Å². The van der Waals surface area contributed by atoms with Gasteiger partial charge in [-0.1, -0.05) is 29.8 Å². The fourth-order valence-electron chi connectivity index (χ4n) is 3.53. The second-order valence-corrected chi connectivity index (χ2v) is 6.83. The first-order valence-electron chi connectivity index (χ1n) is 8.98. The predicted molar refractivity (Wildman–Crippen MR) is 104 cm³/mol. The van der Waals surface area contributed by atoms with Crippen LogP contribution in [0.25, 0.3) is 11.3 Å². The second-order valence-electron chi connectivity index (χ2n) is 6.83. The molecule has 0 fully saturated rings. The third-order valence-corrected chi connectivity index (χ3v) is 4.89. The van der Waals surface area contributed by atoms with Gasteiger partial charge in [-0.3, -0.25) is 4.79 Å². The third-order valence-electron chi connectivity index (χ3n) is 4.89. The lowest BCUT2D eigenvalue weighted by Gasteiger charge is -2.19. The molecular formula is C22H22N2O3. The highest BCUT2D eigenvalue weighted by Gasteiger charge is 2.19. The maximum absolute atomic E-state index is 11.9. The molecule has 3 aromatic rings. The summed E-state index contributed by atoms with van der Waals surface area (Å²) in [5.74, 6) is 1.04. The fourth-order valence-corrected chi connectivity index (χ4v) is 3.53. The summed E-state index contributed by atoms with van der Waals surface area (Å²) in [7, 11) is 0. The molecule has 5 heteroatoms. The van der Waals surface area contributed by atoms with E-state index in [0.717, 1.165) is 28.5 Å². The molecule has 0 bridgehead atoms. The van der Waals surface area contributed by atoms with Crippen LogP contribution >= 0.6 is 0 Å². The van der Waals surface area contributed by atoms with Gasteiger partial charge in [0.05, 0.1) is 5.56 Å². The standard InChI is InChI=1S/C22H22N2O3/c1-14-4-3-5-16(10-14)13-24-15(2)18(22(23)25)12-19(24)17-6-7-20-21(11-17)27-9-8-26-20/h3-7,10-12H,8-9,13H2,1-2H3,(H2,23,25). The normalized spacial score (nSPS) is 12.8. The first kappa shape index (κ1) is 17.2. The van der Waals surface area contributed by atoms with Crippen LogP contribution in [-0.2, 0) is 6.54 Å². The van der Waals surface area contributed by atoms with E-state index in [0.29, 0.717) is 25.3 Å². The van der Waals surface area contributed by atoms with Gasteiger partial charge in [-0.05, 0) is 43.7 Å². The molecule has 1 amide bonds. The number of nitrogens with two attached hydrogens (primary N) is 1. The molecule has 0 atom stereocenters. The Morgan fingerprint density at radius 1 is 1.04 bits per heavy atom. The Balaban J connectivity index is 1.82. The van der Waals surface area contributed by atoms with E-state index in [-0.39, 0.29) is 0 Å². The smallest absolute Gasteiger partial charge is 0.250 e. The van der Waals surface area contributed by atoms with E-state index in [2.05, 4.69) is 29.7 Å². The molecule has 0 radical (unpaired) electrons. The molecule has 1 aliphatic heterocycles. The number of nitrogens with zero attached hydrogens (tertiary/aromatic N) is 1. The Hall–Kier alpha value is -3.21. The van der Waals surface area contributed by atoms with Gasteiger partial charge in [-0.25, -0.2) is 0 Å². The van der Waals surface area contributed by atoms with Gasteiger partial charge < -0.3 is 19.8 Å². The Morgan fingerprint density at radius 2 is 1.81 bits per heavy atom. The maximum Gasteiger partial charge on any atom is 0.250 e. The van der Waals surface area contributed by atoms with E-state index in [9.17, 15) is 4.79 Å². The third kappa shape index (κ3) is 3.28. The number of primary amides is 1. The molecule has 0 unspecified atom stereocenters. The fraction of sp³-hybridized carbons (Fsp3) is 0.227. The average molecular weight is 362 g/mol. The van der Waals surface area contributed by atoms with Gasteiger partial charge in [0.15, 0.2) is 11.5 Å². The quantitative estimate of drug-likeness (QED) is 0.770. The lowest BCUT2D eigenvalue weighted by molar-refractivity contribution is 0.0999. The average Bonchev–Trinajstić information content (AvgIpc) is 2.98. The Bertz CT molecular complexity index is 1020. The van der Waals surface area contributed by atoms with Crippen LogP contribution in [0, 0.1) is 13.8 Å². The van der Waals surface area contributed by atoms with Crippen LogP contribution in [0.5, 0.6) is 11.5 Å². The molecule has 4 rings (SSSR count). The summed E-state index contributed by atoms with van der Waals surface area (Å²) in [5.41, 5.74) is 11.3. The largest absolute Gasteiger partial charge is 0.486 e. The minimum absolute atomic E-state index is 0.422. The minimum Gasteiger partial charge on any atom is -0.486 e. The molecule has 1 aliphatic rings. The molecule has 27 heavy (non-hydrogen) atoms. The van der Waals surface area contributed by atoms with E-state index >= 15 is 0 Å². The summed E-state index contributed by atoms with van der Waals surface area (Å²) in [6.07, 6.45) is 0. The van der Waals surface area contributed by atoms with Gasteiger partial charge in [-0.2, -0.15) is 0 Å². The minimum atomic E-state index is -0.422. The molecular weight excluding hydrogens is 340 g/mol. The number of aromatic nitrogens is 1. The summed E-state index contributed by atoms with van der Waals surface area (Å²) >= 11 is 0. The van der Waals surface area contributed by atoms with Crippen LogP contribution < -0.4 is 15.2 Å². The maximum atomic E-state index is 11.9. The zero-order valence-electron chi connectivity index (χ0n) is 15.5. The van der Waals surface area contributed by atoms with E-state index in [4.69, 9.17) is 15.2 Å². The van der Waals surface area contributed by atoms with E-state index in [1.807, 2.05) is 37.3 Å². The highest BCUT2D eigenvalue weighted by molar-refractivity contribution is 5.95. The first-order chi connectivity index (χ1) is 13.0. The van der Waals surface area contributed by atoms with Gasteiger partial charge in [0.1, 0.15) is 13.2 Å². The predicted octanol–water partition coefficient (Wildman–Crippen LogP) is 3.69. The van der Waals surface area contributed by atoms with Gasteiger partial charge >= 0.3 is 0 Å². The van der Waals surface area contributed by atoms with Crippen LogP contribution in [0.2, 0.25) is 0 Å². The lowest BCUT2D eigenvalue weighted by atomic mass is 10.1. The molecule has 0 saturated heterocycles. The first-order valence-corrected chi connectivity index (χ1v) is 8.98. The molecule has 1 aromatic heterocycles. The molecule has 0 aliphatic carbocycles. The van der Waals surface area contributed by atoms with Crippen molar-refractivity contribution in [3.8, 4) is 22.8 Å². The number of aryl methyl sites for hydroxylation is 1. The summed E-state index contributed by atoms with van der Waals surface area (Å²) in [6.45, 7) is 5.75. The molecule has 2 aromatic carbocycles. The van der Waals surface area contributed by atoms with Gasteiger partial charge in [0.25, 0.3) is 5.91 Å². The number of carbonyl (C=O) groups excluding carboxylic acids is 1. The zero-order chi connectivity index (χ0) is 19.0. The molecule has 0 spiro atoms. The van der Waals surface area contributed by atoms with Gasteiger partial charge in [0, 0.05) is 23.5 Å². The number of ether oxygens (including phenoxy) is 2. The van der Waals surface area contributed by atoms with E-state index in [1.54, 1.807) is 0 Å². The van der Waals surface area contributed by atoms with Crippen LogP contribution in [0.4, 0.5) is 0 Å². The highest BCUT2D eigenvalue weighted by Crippen LogP contribution is 2.36. The number of hydrogen-bond donors (Lipinski definition) is 1. The van der Waals surface area contributed by atoms with Crippen molar-refractivity contribution in [2.24, 2.45) is 5.73 Å². The van der Waals surface area contributed by atoms with Crippen molar-refractivity contribution in [2.75, 3.05) is 13.2 Å². The second kappa shape index (κ2) is 6.83. The van der Waals surface area contributed by atoms with Crippen molar-refractivity contribution in [1.29, 1.82) is 0 Å². The van der Waals surface area contributed by atoms with Crippen molar-refractivity contribution in [3.63, 3.8) is 0 Å². The summed E-state index contributed by atoms with van der Waals surface area (Å²) < 4.78 is 13.5. The summed E-state index contributed by atoms with van der Waals surface area (Å²) in [5, 5.41) is 0. The van der Waals surface area contributed by atoms with Crippen molar-refractivity contribution in [2.45, 2.75) is 20.4 Å². The van der Waals surface area contributed by atoms with Crippen molar-refractivity contribution in [1.82, 2.24) is 4.57 Å². The number of benzene rings is 2. The monoisotopic (exact) mass is 362 g/mol. The zero-order valence-corrected chi connectivity index (χ0v) is 15.5. The van der Waals surface area contributed by atoms with Crippen LogP contribution in [0.3, 0.4) is 0 Å². The Kier molecular flexibility index (Phi) is 4.36. The van der Waals surface area contributed by atoms with E-state index < -0.39 is 5.91 Å². The van der Waals surface area contributed by atoms with Gasteiger partial charge in [-0.15, -0.1) is 0 Å². The number of fused-ring (bicyclic) bond motifs is 1. The van der Waals surface area contributed by atoms with Crippen molar-refractivity contribution in [3.05, 3.63) is 70.9 Å². The molecule has 138 valence electrons. The number of carbonyl (C=O) groups is 1. The highest BCUT2D eigenvalue weighted by atomic mass is 16.6. The lowest BCUT2D eigenvalue weighted by Crippen LogP contribution is -2.15. The molecule has 2 heterocycles. The number of rotatable bonds is 4. The topological polar surface area (TPSA) is 66.5 Å². The SMILES string of the molecule is Cc1cccc(Cn2c(-c3ccc4c(c3)OCCO4)cc(C(N)=O)c2C)c1. The Labute approximate surface area is 158 Å². The van der Waals surface area contributed by atoms with Crippen LogP contribution in [-0.4, -0.2) is 23.7 Å². The molecule has 0 saturated carbocycles. The number of amides is 1. The molecule has 5 nitrogen and oxygen atoms in total. The number of hydrogen-bond acceptors (Lipinski definition) is 3.